The highest BCUT2D eigenvalue weighted by atomic mass is 35.5. The van der Waals surface area contributed by atoms with Crippen molar-refractivity contribution in [2.75, 3.05) is 25.6 Å². The predicted molar refractivity (Wildman–Crippen MR) is 59.6 cm³/mol. The molecule has 0 heterocycles. The summed E-state index contributed by atoms with van der Waals surface area (Å²) in [5, 5.41) is 21.2. The summed E-state index contributed by atoms with van der Waals surface area (Å²) >= 11 is 5.92. The van der Waals surface area contributed by atoms with Crippen LogP contribution in [0.5, 0.6) is 5.75 Å². The summed E-state index contributed by atoms with van der Waals surface area (Å²) in [4.78, 5) is 0. The number of benzene rings is 1. The zero-order chi connectivity index (χ0) is 11.3. The normalized spacial score (nSPS) is 12.3. The van der Waals surface area contributed by atoms with Crippen molar-refractivity contribution in [3.63, 3.8) is 0 Å². The summed E-state index contributed by atoms with van der Waals surface area (Å²) in [6.07, 6.45) is -0.799. The van der Waals surface area contributed by atoms with Gasteiger partial charge in [-0.1, -0.05) is 11.6 Å². The standard InChI is InChI=1S/C10H14ClNO3/c1-15-8-2-3-9(11)10(4-8)12-5-7(14)6-13/h2-4,7,12-14H,5-6H2,1H3. The van der Waals surface area contributed by atoms with Crippen LogP contribution >= 0.6 is 11.6 Å². The van der Waals surface area contributed by atoms with Gasteiger partial charge in [-0.2, -0.15) is 0 Å². The van der Waals surface area contributed by atoms with Crippen molar-refractivity contribution >= 4 is 17.3 Å². The number of hydrogen-bond acceptors (Lipinski definition) is 4. The molecule has 0 saturated heterocycles. The van der Waals surface area contributed by atoms with E-state index in [2.05, 4.69) is 5.32 Å². The zero-order valence-corrected chi connectivity index (χ0v) is 9.16. The van der Waals surface area contributed by atoms with Crippen molar-refractivity contribution < 1.29 is 14.9 Å². The van der Waals surface area contributed by atoms with Crippen LogP contribution in [-0.4, -0.2) is 36.6 Å². The van der Waals surface area contributed by atoms with E-state index in [0.717, 1.165) is 0 Å². The lowest BCUT2D eigenvalue weighted by Gasteiger charge is -2.12. The van der Waals surface area contributed by atoms with Crippen LogP contribution in [0.1, 0.15) is 0 Å². The summed E-state index contributed by atoms with van der Waals surface area (Å²) in [6.45, 7) is -0.0437. The third-order valence-electron chi connectivity index (χ3n) is 1.91. The van der Waals surface area contributed by atoms with Crippen molar-refractivity contribution in [1.29, 1.82) is 0 Å². The van der Waals surface area contributed by atoms with Gasteiger partial charge in [-0.3, -0.25) is 0 Å². The second-order valence-corrected chi connectivity index (χ2v) is 3.47. The molecule has 3 N–H and O–H groups in total. The van der Waals surface area contributed by atoms with Gasteiger partial charge < -0.3 is 20.3 Å². The summed E-state index contributed by atoms with van der Waals surface area (Å²) < 4.78 is 5.03. The lowest BCUT2D eigenvalue weighted by molar-refractivity contribution is 0.105. The number of hydrogen-bond donors (Lipinski definition) is 3. The molecular weight excluding hydrogens is 218 g/mol. The number of aliphatic hydroxyl groups is 2. The molecule has 0 saturated carbocycles. The molecule has 0 amide bonds. The van der Waals surface area contributed by atoms with E-state index in [1.165, 1.54) is 0 Å². The summed E-state index contributed by atoms with van der Waals surface area (Å²) in [5.41, 5.74) is 0.670. The van der Waals surface area contributed by atoms with E-state index in [4.69, 9.17) is 26.6 Å². The fourth-order valence-electron chi connectivity index (χ4n) is 1.06. The maximum Gasteiger partial charge on any atom is 0.121 e. The molecule has 1 aromatic carbocycles. The maximum absolute atomic E-state index is 9.15. The molecule has 1 aromatic rings. The van der Waals surface area contributed by atoms with Gasteiger partial charge in [0.2, 0.25) is 0 Å². The Morgan fingerprint density at radius 3 is 2.87 bits per heavy atom. The molecule has 4 nitrogen and oxygen atoms in total. The second kappa shape index (κ2) is 5.80. The number of ether oxygens (including phenoxy) is 1. The molecule has 1 unspecified atom stereocenters. The Morgan fingerprint density at radius 1 is 1.53 bits per heavy atom. The molecule has 0 aliphatic heterocycles. The molecule has 84 valence electrons. The van der Waals surface area contributed by atoms with Gasteiger partial charge in [0.1, 0.15) is 5.75 Å². The van der Waals surface area contributed by atoms with Crippen LogP contribution in [-0.2, 0) is 0 Å². The topological polar surface area (TPSA) is 61.7 Å². The SMILES string of the molecule is COc1ccc(Cl)c(NCC(O)CO)c1. The van der Waals surface area contributed by atoms with E-state index in [1.807, 2.05) is 0 Å². The van der Waals surface area contributed by atoms with Gasteiger partial charge in [0.25, 0.3) is 0 Å². The minimum atomic E-state index is -0.799. The third kappa shape index (κ3) is 3.58. The van der Waals surface area contributed by atoms with E-state index in [9.17, 15) is 0 Å². The molecule has 0 aliphatic carbocycles. The van der Waals surface area contributed by atoms with Crippen molar-refractivity contribution in [2.45, 2.75) is 6.10 Å². The highest BCUT2D eigenvalue weighted by Gasteiger charge is 2.05. The molecule has 1 rings (SSSR count). The first-order valence-electron chi connectivity index (χ1n) is 4.53. The fraction of sp³-hybridized carbons (Fsp3) is 0.400. The van der Waals surface area contributed by atoms with Crippen LogP contribution in [0, 0.1) is 0 Å². The van der Waals surface area contributed by atoms with Crippen molar-refractivity contribution in [3.05, 3.63) is 23.2 Å². The highest BCUT2D eigenvalue weighted by Crippen LogP contribution is 2.26. The third-order valence-corrected chi connectivity index (χ3v) is 2.24. The number of aliphatic hydroxyl groups excluding tert-OH is 2. The molecule has 0 aliphatic rings. The number of methoxy groups -OCH3 is 1. The van der Waals surface area contributed by atoms with Gasteiger partial charge in [-0.25, -0.2) is 0 Å². The lowest BCUT2D eigenvalue weighted by atomic mass is 10.3. The average molecular weight is 232 g/mol. The average Bonchev–Trinajstić information content (AvgIpc) is 2.27. The maximum atomic E-state index is 9.15. The van der Waals surface area contributed by atoms with Crippen molar-refractivity contribution in [3.8, 4) is 5.75 Å². The first-order valence-corrected chi connectivity index (χ1v) is 4.91. The highest BCUT2D eigenvalue weighted by molar-refractivity contribution is 6.33. The zero-order valence-electron chi connectivity index (χ0n) is 8.40. The lowest BCUT2D eigenvalue weighted by Crippen LogP contribution is -2.23. The quantitative estimate of drug-likeness (QED) is 0.711. The summed E-state index contributed by atoms with van der Waals surface area (Å²) in [6, 6.07) is 5.18. The smallest absolute Gasteiger partial charge is 0.121 e. The van der Waals surface area contributed by atoms with E-state index >= 15 is 0 Å². The van der Waals surface area contributed by atoms with Crippen LogP contribution in [0.15, 0.2) is 18.2 Å². The van der Waals surface area contributed by atoms with Gasteiger partial charge in [0.05, 0.1) is 30.5 Å². The number of rotatable bonds is 5. The van der Waals surface area contributed by atoms with Crippen molar-refractivity contribution in [2.24, 2.45) is 0 Å². The molecule has 1 atom stereocenters. The van der Waals surface area contributed by atoms with E-state index in [0.29, 0.717) is 16.5 Å². The van der Waals surface area contributed by atoms with Gasteiger partial charge >= 0.3 is 0 Å². The van der Waals surface area contributed by atoms with Crippen LogP contribution in [0.3, 0.4) is 0 Å². The van der Waals surface area contributed by atoms with E-state index < -0.39 is 6.10 Å². The molecule has 5 heteroatoms. The summed E-state index contributed by atoms with van der Waals surface area (Å²) in [7, 11) is 1.57. The molecule has 0 aromatic heterocycles. The van der Waals surface area contributed by atoms with Crippen LogP contribution in [0.25, 0.3) is 0 Å². The summed E-state index contributed by atoms with van der Waals surface area (Å²) in [5.74, 6) is 0.681. The Morgan fingerprint density at radius 2 is 2.27 bits per heavy atom. The Kier molecular flexibility index (Phi) is 4.68. The Balaban J connectivity index is 2.66. The minimum Gasteiger partial charge on any atom is -0.497 e. The molecule has 0 bridgehead atoms. The first-order chi connectivity index (χ1) is 7.17. The number of halogens is 1. The molecule has 0 radical (unpaired) electrons. The number of nitrogens with one attached hydrogen (secondary N) is 1. The Labute approximate surface area is 93.4 Å². The largest absolute Gasteiger partial charge is 0.497 e. The van der Waals surface area contributed by atoms with Gasteiger partial charge in [-0.05, 0) is 12.1 Å². The molecule has 0 spiro atoms. The van der Waals surface area contributed by atoms with Crippen LogP contribution in [0.4, 0.5) is 5.69 Å². The van der Waals surface area contributed by atoms with Crippen molar-refractivity contribution in [1.82, 2.24) is 0 Å². The molecular formula is C10H14ClNO3. The molecule has 0 fully saturated rings. The number of anilines is 1. The second-order valence-electron chi connectivity index (χ2n) is 3.06. The monoisotopic (exact) mass is 231 g/mol. The van der Waals surface area contributed by atoms with Gasteiger partial charge in [-0.15, -0.1) is 0 Å². The molecule has 15 heavy (non-hydrogen) atoms. The Hall–Kier alpha value is -0.970. The van der Waals surface area contributed by atoms with Gasteiger partial charge in [0, 0.05) is 12.6 Å². The predicted octanol–water partition coefficient (Wildman–Crippen LogP) is 1.11. The minimum absolute atomic E-state index is 0.239. The fourth-order valence-corrected chi connectivity index (χ4v) is 1.24. The van der Waals surface area contributed by atoms with E-state index in [-0.39, 0.29) is 13.2 Å². The van der Waals surface area contributed by atoms with E-state index in [1.54, 1.807) is 25.3 Å². The van der Waals surface area contributed by atoms with Gasteiger partial charge in [0.15, 0.2) is 0 Å². The van der Waals surface area contributed by atoms with Crippen LogP contribution < -0.4 is 10.1 Å². The first kappa shape index (κ1) is 12.1. The Bertz CT molecular complexity index is 320. The van der Waals surface area contributed by atoms with Crippen LogP contribution in [0.2, 0.25) is 5.02 Å².